The van der Waals surface area contributed by atoms with Crippen molar-refractivity contribution in [1.29, 1.82) is 0 Å². The number of halogens is 1. The lowest BCUT2D eigenvalue weighted by Crippen LogP contribution is -2.51. The molecular formula is C21H31FN2O3. The van der Waals surface area contributed by atoms with Crippen LogP contribution in [0.3, 0.4) is 0 Å². The number of amides is 1. The van der Waals surface area contributed by atoms with Gasteiger partial charge in [0.05, 0.1) is 18.4 Å². The van der Waals surface area contributed by atoms with E-state index in [1.54, 1.807) is 18.2 Å². The summed E-state index contributed by atoms with van der Waals surface area (Å²) in [5, 5.41) is 9.25. The number of carbonyl (C=O) groups excluding carboxylic acids is 1. The number of anilines is 1. The van der Waals surface area contributed by atoms with Crippen LogP contribution in [0.15, 0.2) is 18.2 Å². The fraction of sp³-hybridized carbons (Fsp3) is 0.667. The van der Waals surface area contributed by atoms with Crippen LogP contribution in [-0.2, 0) is 16.1 Å². The highest BCUT2D eigenvalue weighted by atomic mass is 19.1. The van der Waals surface area contributed by atoms with Crippen LogP contribution in [0.4, 0.5) is 10.1 Å². The Morgan fingerprint density at radius 2 is 1.89 bits per heavy atom. The minimum absolute atomic E-state index is 0.104. The van der Waals surface area contributed by atoms with Gasteiger partial charge >= 0.3 is 0 Å². The summed E-state index contributed by atoms with van der Waals surface area (Å²) in [6.07, 6.45) is 5.09. The van der Waals surface area contributed by atoms with Gasteiger partial charge in [-0.25, -0.2) is 4.39 Å². The third-order valence-corrected chi connectivity index (χ3v) is 5.74. The summed E-state index contributed by atoms with van der Waals surface area (Å²) >= 11 is 0. The van der Waals surface area contributed by atoms with Gasteiger partial charge in [0, 0.05) is 44.3 Å². The molecule has 0 atom stereocenters. The first-order valence-electron chi connectivity index (χ1n) is 10.2. The van der Waals surface area contributed by atoms with E-state index in [4.69, 9.17) is 4.74 Å². The van der Waals surface area contributed by atoms with Crippen LogP contribution < -0.4 is 4.90 Å². The predicted molar refractivity (Wildman–Crippen MR) is 103 cm³/mol. The molecule has 2 aliphatic rings. The molecule has 5 nitrogen and oxygen atoms in total. The molecule has 1 aliphatic carbocycles. The summed E-state index contributed by atoms with van der Waals surface area (Å²) in [6, 6.07) is 5.10. The maximum atomic E-state index is 14.4. The average Bonchev–Trinajstić information content (AvgIpc) is 2.72. The highest BCUT2D eigenvalue weighted by Crippen LogP contribution is 2.29. The number of piperazine rings is 1. The van der Waals surface area contributed by atoms with Crippen LogP contribution >= 0.6 is 0 Å². The molecule has 1 N–H and O–H groups in total. The molecule has 1 heterocycles. The van der Waals surface area contributed by atoms with Crippen LogP contribution in [0.2, 0.25) is 0 Å². The second-order valence-corrected chi connectivity index (χ2v) is 7.57. The summed E-state index contributed by atoms with van der Waals surface area (Å²) in [4.78, 5) is 16.7. The number of hydrogen-bond acceptors (Lipinski definition) is 4. The van der Waals surface area contributed by atoms with E-state index in [9.17, 15) is 14.3 Å². The molecule has 1 aromatic carbocycles. The molecule has 1 aliphatic heterocycles. The standard InChI is InChI=1S/C21H31FN2O3/c1-2-14-27-18-8-6-16(7-9-18)21(26)24-12-10-23(11-13-24)19-5-3-4-17(15-25)20(19)22/h3-5,16,18,25H,2,6-15H2,1H3/t16-,18+. The molecule has 27 heavy (non-hydrogen) atoms. The lowest BCUT2D eigenvalue weighted by Gasteiger charge is -2.39. The zero-order valence-corrected chi connectivity index (χ0v) is 16.2. The van der Waals surface area contributed by atoms with Crippen molar-refractivity contribution in [2.24, 2.45) is 5.92 Å². The molecule has 0 aromatic heterocycles. The van der Waals surface area contributed by atoms with E-state index in [0.29, 0.717) is 43.5 Å². The Hall–Kier alpha value is -1.66. The Kier molecular flexibility index (Phi) is 7.07. The third kappa shape index (κ3) is 4.79. The van der Waals surface area contributed by atoms with Gasteiger partial charge in [-0.3, -0.25) is 4.79 Å². The van der Waals surface area contributed by atoms with E-state index < -0.39 is 0 Å². The molecule has 1 saturated carbocycles. The number of aliphatic hydroxyl groups is 1. The van der Waals surface area contributed by atoms with E-state index in [2.05, 4.69) is 6.92 Å². The van der Waals surface area contributed by atoms with Crippen LogP contribution in [0, 0.1) is 11.7 Å². The first-order chi connectivity index (χ1) is 13.1. The van der Waals surface area contributed by atoms with Gasteiger partial charge in [-0.2, -0.15) is 0 Å². The first-order valence-corrected chi connectivity index (χ1v) is 10.2. The van der Waals surface area contributed by atoms with Gasteiger partial charge in [0.15, 0.2) is 5.82 Å². The summed E-state index contributed by atoms with van der Waals surface area (Å²) in [7, 11) is 0. The van der Waals surface area contributed by atoms with Crippen molar-refractivity contribution in [2.45, 2.75) is 51.7 Å². The van der Waals surface area contributed by atoms with Crippen LogP contribution in [-0.4, -0.2) is 54.8 Å². The van der Waals surface area contributed by atoms with Gasteiger partial charge in [0.25, 0.3) is 0 Å². The van der Waals surface area contributed by atoms with Gasteiger partial charge in [-0.1, -0.05) is 19.1 Å². The second kappa shape index (κ2) is 9.51. The molecule has 1 aromatic rings. The maximum absolute atomic E-state index is 14.4. The normalized spacial score (nSPS) is 23.5. The number of carbonyl (C=O) groups is 1. The van der Waals surface area contributed by atoms with Gasteiger partial charge in [0.1, 0.15) is 0 Å². The molecule has 0 spiro atoms. The van der Waals surface area contributed by atoms with Gasteiger partial charge in [-0.15, -0.1) is 0 Å². The number of hydrogen-bond donors (Lipinski definition) is 1. The molecule has 1 amide bonds. The van der Waals surface area contributed by atoms with Crippen LogP contribution in [0.5, 0.6) is 0 Å². The molecule has 150 valence electrons. The van der Waals surface area contributed by atoms with Crippen LogP contribution in [0.25, 0.3) is 0 Å². The molecular weight excluding hydrogens is 347 g/mol. The van der Waals surface area contributed by atoms with Gasteiger partial charge < -0.3 is 19.6 Å². The van der Waals surface area contributed by atoms with Crippen molar-refractivity contribution in [1.82, 2.24) is 4.90 Å². The van der Waals surface area contributed by atoms with Crippen molar-refractivity contribution in [3.63, 3.8) is 0 Å². The highest BCUT2D eigenvalue weighted by Gasteiger charge is 2.31. The highest BCUT2D eigenvalue weighted by molar-refractivity contribution is 5.79. The number of nitrogens with zero attached hydrogens (tertiary/aromatic N) is 2. The number of benzene rings is 1. The van der Waals surface area contributed by atoms with Crippen molar-refractivity contribution < 1.29 is 19.0 Å². The van der Waals surface area contributed by atoms with Crippen molar-refractivity contribution in [3.05, 3.63) is 29.6 Å². The Labute approximate surface area is 161 Å². The maximum Gasteiger partial charge on any atom is 0.225 e. The fourth-order valence-electron chi connectivity index (χ4n) is 4.12. The van der Waals surface area contributed by atoms with Crippen molar-refractivity contribution in [3.8, 4) is 0 Å². The fourth-order valence-corrected chi connectivity index (χ4v) is 4.12. The molecule has 2 fully saturated rings. The second-order valence-electron chi connectivity index (χ2n) is 7.57. The molecule has 3 rings (SSSR count). The quantitative estimate of drug-likeness (QED) is 0.827. The summed E-state index contributed by atoms with van der Waals surface area (Å²) < 4.78 is 20.2. The summed E-state index contributed by atoms with van der Waals surface area (Å²) in [5.74, 6) is -0.00849. The monoisotopic (exact) mass is 378 g/mol. The van der Waals surface area contributed by atoms with Crippen molar-refractivity contribution >= 4 is 11.6 Å². The van der Waals surface area contributed by atoms with E-state index in [1.165, 1.54) is 0 Å². The van der Waals surface area contributed by atoms with Gasteiger partial charge in [-0.05, 0) is 38.2 Å². The average molecular weight is 378 g/mol. The van der Waals surface area contributed by atoms with Crippen LogP contribution in [0.1, 0.15) is 44.6 Å². The Morgan fingerprint density at radius 3 is 2.52 bits per heavy atom. The Morgan fingerprint density at radius 1 is 1.19 bits per heavy atom. The zero-order valence-electron chi connectivity index (χ0n) is 16.2. The Bertz CT molecular complexity index is 624. The number of rotatable bonds is 6. The van der Waals surface area contributed by atoms with E-state index >= 15 is 0 Å². The number of ether oxygens (including phenoxy) is 1. The summed E-state index contributed by atoms with van der Waals surface area (Å²) in [6.45, 7) is 5.09. The lowest BCUT2D eigenvalue weighted by molar-refractivity contribution is -0.137. The molecule has 0 unspecified atom stereocenters. The molecule has 0 bridgehead atoms. The topological polar surface area (TPSA) is 53.0 Å². The van der Waals surface area contributed by atoms with Gasteiger partial charge in [0.2, 0.25) is 5.91 Å². The first kappa shape index (κ1) is 20.1. The largest absolute Gasteiger partial charge is 0.392 e. The molecule has 6 heteroatoms. The van der Waals surface area contributed by atoms with E-state index in [0.717, 1.165) is 38.7 Å². The number of aliphatic hydroxyl groups excluding tert-OH is 1. The van der Waals surface area contributed by atoms with E-state index in [-0.39, 0.29) is 24.2 Å². The smallest absolute Gasteiger partial charge is 0.225 e. The third-order valence-electron chi connectivity index (χ3n) is 5.74. The van der Waals surface area contributed by atoms with E-state index in [1.807, 2.05) is 9.80 Å². The summed E-state index contributed by atoms with van der Waals surface area (Å²) in [5.41, 5.74) is 0.829. The zero-order chi connectivity index (χ0) is 19.2. The predicted octanol–water partition coefficient (Wildman–Crippen LogP) is 2.95. The molecule has 1 saturated heterocycles. The lowest BCUT2D eigenvalue weighted by atomic mass is 9.86. The molecule has 0 radical (unpaired) electrons. The Balaban J connectivity index is 1.50. The minimum atomic E-state index is -0.356. The van der Waals surface area contributed by atoms with Crippen molar-refractivity contribution in [2.75, 3.05) is 37.7 Å². The SMILES string of the molecule is CCCO[C@H]1CC[C@@H](C(=O)N2CCN(c3cccc(CO)c3F)CC2)CC1. The minimum Gasteiger partial charge on any atom is -0.392 e.